The Morgan fingerprint density at radius 2 is 0.500 bits per heavy atom. The molecule has 0 atom stereocenters. The molecule has 0 radical (unpaired) electrons. The monoisotopic (exact) mass is 724 g/mol. The molecule has 4 aromatic rings. The van der Waals surface area contributed by atoms with Gasteiger partial charge in [0.25, 0.3) is 0 Å². The molecule has 0 aromatic heterocycles. The van der Waals surface area contributed by atoms with E-state index in [1.54, 1.807) is 0 Å². The normalized spacial score (nSPS) is 9.38. The third-order valence-corrected chi connectivity index (χ3v) is 6.16. The van der Waals surface area contributed by atoms with E-state index in [1.807, 2.05) is 0 Å². The molecule has 0 saturated heterocycles. The molecule has 0 bridgehead atoms. The molecule has 0 aliphatic rings. The van der Waals surface area contributed by atoms with Gasteiger partial charge < -0.3 is 0 Å². The van der Waals surface area contributed by atoms with E-state index in [9.17, 15) is 0 Å². The van der Waals surface area contributed by atoms with Gasteiger partial charge in [-0.3, -0.25) is 0 Å². The molecule has 32 heavy (non-hydrogen) atoms. The van der Waals surface area contributed by atoms with Gasteiger partial charge in [-0.05, 0) is 21.2 Å². The van der Waals surface area contributed by atoms with Crippen molar-refractivity contribution in [3.8, 4) is 0 Å². The van der Waals surface area contributed by atoms with Crippen molar-refractivity contribution < 1.29 is 31.9 Å². The first-order chi connectivity index (χ1) is 15.7. The van der Waals surface area contributed by atoms with Crippen LogP contribution in [0, 0.1) is 0 Å². The average Bonchev–Trinajstić information content (AvgIpc) is 2.83. The molecular weight excluding hydrogens is 705 g/mol. The van der Waals surface area contributed by atoms with E-state index in [1.165, 1.54) is 21.2 Å². The first-order valence-electron chi connectivity index (χ1n) is 9.12. The Morgan fingerprint density at radius 1 is 0.344 bits per heavy atom. The summed E-state index contributed by atoms with van der Waals surface area (Å²) in [6.07, 6.45) is 0. The van der Waals surface area contributed by atoms with Crippen LogP contribution in [0.5, 0.6) is 0 Å². The molecule has 0 spiro atoms. The predicted octanol–water partition coefficient (Wildman–Crippen LogP) is 7.38. The standard InChI is InChI=1S/2C12H11P.4ClH.2Pd/c2*1-3-7-11(8-4-1)13-12-9-5-2-6-10-12;;;;;;/h2*1-10,13H;4*1H;;/q;;;;;;2*+2/p-4. The third-order valence-electron chi connectivity index (χ3n) is 3.67. The molecular formula is C24H22Cl4P2Pd2. The van der Waals surface area contributed by atoms with Gasteiger partial charge in [0.05, 0.1) is 0 Å². The molecule has 0 nitrogen and oxygen atoms in total. The largest absolute Gasteiger partial charge is 0.0622 e. The quantitative estimate of drug-likeness (QED) is 0.152. The second-order valence-electron chi connectivity index (χ2n) is 5.80. The van der Waals surface area contributed by atoms with Crippen molar-refractivity contribution in [2.75, 3.05) is 0 Å². The molecule has 0 amide bonds. The minimum absolute atomic E-state index is 0.106. The molecule has 0 fully saturated rings. The average molecular weight is 727 g/mol. The summed E-state index contributed by atoms with van der Waals surface area (Å²) in [5, 5.41) is 5.59. The van der Waals surface area contributed by atoms with E-state index < -0.39 is 0 Å². The van der Waals surface area contributed by atoms with Gasteiger partial charge in [0.1, 0.15) is 0 Å². The molecule has 4 aromatic carbocycles. The predicted molar refractivity (Wildman–Crippen MR) is 144 cm³/mol. The maximum atomic E-state index is 4.81. The van der Waals surface area contributed by atoms with Gasteiger partial charge in [-0.1, -0.05) is 138 Å². The molecule has 176 valence electrons. The Bertz CT molecular complexity index is 765. The van der Waals surface area contributed by atoms with Crippen LogP contribution in [0.15, 0.2) is 121 Å². The van der Waals surface area contributed by atoms with Crippen LogP contribution in [-0.2, 0) is 31.9 Å². The van der Waals surface area contributed by atoms with Crippen molar-refractivity contribution in [3.05, 3.63) is 121 Å². The summed E-state index contributed by atoms with van der Waals surface area (Å²) in [6, 6.07) is 42.3. The molecule has 0 unspecified atom stereocenters. The number of hydrogen-bond donors (Lipinski definition) is 0. The van der Waals surface area contributed by atoms with Gasteiger partial charge in [0.2, 0.25) is 0 Å². The Hall–Kier alpha value is 0.225. The second-order valence-corrected chi connectivity index (χ2v) is 13.3. The Balaban J connectivity index is 0.000000258. The zero-order valence-corrected chi connectivity index (χ0v) is 24.8. The summed E-state index contributed by atoms with van der Waals surface area (Å²) >= 11 is -0.211. The summed E-state index contributed by atoms with van der Waals surface area (Å²) in [5.74, 6) is 0. The molecule has 0 aliphatic carbocycles. The first kappa shape index (κ1) is 30.3. The topological polar surface area (TPSA) is 0 Å². The van der Waals surface area contributed by atoms with E-state index in [2.05, 4.69) is 121 Å². The fraction of sp³-hybridized carbons (Fsp3) is 0. The smallest absolute Gasteiger partial charge is 0.0226 e. The number of benzene rings is 4. The summed E-state index contributed by atoms with van der Waals surface area (Å²) in [5.41, 5.74) is 0. The Kier molecular flexibility index (Phi) is 20.6. The maximum absolute atomic E-state index is 4.81. The van der Waals surface area contributed by atoms with E-state index in [-0.39, 0.29) is 31.9 Å². The van der Waals surface area contributed by atoms with Crippen LogP contribution in [0.25, 0.3) is 0 Å². The second kappa shape index (κ2) is 21.7. The number of halogens is 4. The summed E-state index contributed by atoms with van der Waals surface area (Å²) < 4.78 is 0. The van der Waals surface area contributed by atoms with Gasteiger partial charge in [0, 0.05) is 0 Å². The van der Waals surface area contributed by atoms with Crippen molar-refractivity contribution in [3.63, 3.8) is 0 Å². The molecule has 8 heteroatoms. The molecule has 0 aliphatic heterocycles. The van der Waals surface area contributed by atoms with Crippen molar-refractivity contribution in [1.82, 2.24) is 0 Å². The summed E-state index contributed by atoms with van der Waals surface area (Å²) in [7, 11) is 20.8. The van der Waals surface area contributed by atoms with Gasteiger partial charge in [-0.25, -0.2) is 0 Å². The van der Waals surface area contributed by atoms with Gasteiger partial charge >= 0.3 is 70.0 Å². The molecule has 0 N–H and O–H groups in total. The SMILES string of the molecule is [Cl][Pd][Cl].[Cl][Pd][Cl].c1ccc(Pc2ccccc2)cc1.c1ccc(Pc2ccccc2)cc1. The fourth-order valence-electron chi connectivity index (χ4n) is 2.42. The van der Waals surface area contributed by atoms with E-state index in [0.29, 0.717) is 0 Å². The zero-order valence-electron chi connectivity index (χ0n) is 16.7. The van der Waals surface area contributed by atoms with Gasteiger partial charge in [-0.2, -0.15) is 0 Å². The maximum Gasteiger partial charge on any atom is -0.0226 e. The van der Waals surface area contributed by atoms with Crippen LogP contribution in [0.1, 0.15) is 0 Å². The molecule has 0 heterocycles. The van der Waals surface area contributed by atoms with E-state index >= 15 is 0 Å². The fourth-order valence-corrected chi connectivity index (χ4v) is 4.52. The first-order valence-corrected chi connectivity index (χ1v) is 19.1. The van der Waals surface area contributed by atoms with Crippen molar-refractivity contribution in [1.29, 1.82) is 0 Å². The summed E-state index contributed by atoms with van der Waals surface area (Å²) in [4.78, 5) is 0. The minimum Gasteiger partial charge on any atom is -0.0622 e. The van der Waals surface area contributed by atoms with Gasteiger partial charge in [-0.15, -0.1) is 0 Å². The van der Waals surface area contributed by atoms with Crippen LogP contribution in [0.3, 0.4) is 0 Å². The van der Waals surface area contributed by atoms with E-state index in [0.717, 1.165) is 17.2 Å². The van der Waals surface area contributed by atoms with Gasteiger partial charge in [0.15, 0.2) is 0 Å². The van der Waals surface area contributed by atoms with Crippen molar-refractivity contribution in [2.45, 2.75) is 0 Å². The van der Waals surface area contributed by atoms with Crippen molar-refractivity contribution >= 4 is 76.5 Å². The van der Waals surface area contributed by atoms with Crippen LogP contribution < -0.4 is 21.2 Å². The van der Waals surface area contributed by atoms with E-state index in [4.69, 9.17) is 38.1 Å². The van der Waals surface area contributed by atoms with Crippen LogP contribution in [0.2, 0.25) is 0 Å². The zero-order chi connectivity index (χ0) is 23.3. The number of hydrogen-bond acceptors (Lipinski definition) is 0. The molecule has 4 rings (SSSR count). The van der Waals surface area contributed by atoms with Crippen LogP contribution in [-0.4, -0.2) is 0 Å². The van der Waals surface area contributed by atoms with Crippen LogP contribution >= 0.6 is 55.3 Å². The minimum atomic E-state index is -0.106. The van der Waals surface area contributed by atoms with Crippen molar-refractivity contribution in [2.24, 2.45) is 0 Å². The molecule has 0 saturated carbocycles. The van der Waals surface area contributed by atoms with Crippen LogP contribution in [0.4, 0.5) is 0 Å². The third kappa shape index (κ3) is 16.0. The Labute approximate surface area is 227 Å². The number of rotatable bonds is 4. The Morgan fingerprint density at radius 3 is 0.656 bits per heavy atom. The summed E-state index contributed by atoms with van der Waals surface area (Å²) in [6.45, 7) is 0.